The molecule has 1 aromatic rings. The predicted molar refractivity (Wildman–Crippen MR) is 69.2 cm³/mol. The van der Waals surface area contributed by atoms with Gasteiger partial charge in [0.05, 0.1) is 6.61 Å². The van der Waals surface area contributed by atoms with Crippen molar-refractivity contribution in [1.29, 1.82) is 0 Å². The van der Waals surface area contributed by atoms with E-state index in [-0.39, 0.29) is 0 Å². The number of hydrogen-bond acceptors (Lipinski definition) is 2. The Morgan fingerprint density at radius 2 is 1.94 bits per heavy atom. The van der Waals surface area contributed by atoms with Crippen molar-refractivity contribution < 1.29 is 4.74 Å². The van der Waals surface area contributed by atoms with Gasteiger partial charge in [0.1, 0.15) is 5.75 Å². The van der Waals surface area contributed by atoms with Crippen molar-refractivity contribution in [2.45, 2.75) is 32.6 Å². The summed E-state index contributed by atoms with van der Waals surface area (Å²) in [6.45, 7) is 3.57. The van der Waals surface area contributed by atoms with Gasteiger partial charge in [-0.05, 0) is 50.1 Å². The maximum Gasteiger partial charge on any atom is 0.122 e. The highest BCUT2D eigenvalue weighted by Gasteiger charge is 1.99. The van der Waals surface area contributed by atoms with Crippen LogP contribution in [0.3, 0.4) is 0 Å². The summed E-state index contributed by atoms with van der Waals surface area (Å²) < 4.78 is 5.68. The first-order chi connectivity index (χ1) is 7.74. The first-order valence-corrected chi connectivity index (χ1v) is 6.21. The van der Waals surface area contributed by atoms with Crippen LogP contribution in [-0.4, -0.2) is 13.2 Å². The molecule has 16 heavy (non-hydrogen) atoms. The van der Waals surface area contributed by atoms with Gasteiger partial charge in [-0.15, -0.1) is 0 Å². The Hall–Kier alpha value is -0.730. The molecule has 0 aromatic heterocycles. The second kappa shape index (κ2) is 7.53. The van der Waals surface area contributed by atoms with E-state index in [1.54, 1.807) is 0 Å². The average molecular weight is 242 g/mol. The zero-order chi connectivity index (χ0) is 11.8. The van der Waals surface area contributed by atoms with Crippen molar-refractivity contribution in [2.75, 3.05) is 13.2 Å². The van der Waals surface area contributed by atoms with E-state index in [9.17, 15) is 0 Å². The summed E-state index contributed by atoms with van der Waals surface area (Å²) in [7, 11) is 0. The topological polar surface area (TPSA) is 35.2 Å². The molecular weight excluding hydrogens is 222 g/mol. The first-order valence-electron chi connectivity index (χ1n) is 5.83. The fourth-order valence-electron chi connectivity index (χ4n) is 1.56. The van der Waals surface area contributed by atoms with Gasteiger partial charge in [0.2, 0.25) is 0 Å². The number of benzene rings is 1. The molecule has 0 spiro atoms. The Morgan fingerprint density at radius 1 is 1.19 bits per heavy atom. The summed E-state index contributed by atoms with van der Waals surface area (Å²) in [5.41, 5.74) is 6.52. The van der Waals surface area contributed by atoms with Gasteiger partial charge in [-0.3, -0.25) is 0 Å². The molecular formula is C13H20ClNO. The molecule has 2 N–H and O–H groups in total. The lowest BCUT2D eigenvalue weighted by Crippen LogP contribution is -2.01. The van der Waals surface area contributed by atoms with Crippen LogP contribution in [0.1, 0.15) is 31.2 Å². The van der Waals surface area contributed by atoms with Gasteiger partial charge in [-0.1, -0.05) is 24.4 Å². The molecule has 0 aliphatic rings. The lowest BCUT2D eigenvalue weighted by molar-refractivity contribution is 0.303. The molecule has 0 radical (unpaired) electrons. The van der Waals surface area contributed by atoms with Crippen molar-refractivity contribution >= 4 is 11.6 Å². The maximum atomic E-state index is 5.87. The zero-order valence-electron chi connectivity index (χ0n) is 9.84. The molecule has 0 bridgehead atoms. The van der Waals surface area contributed by atoms with Gasteiger partial charge in [0.15, 0.2) is 0 Å². The molecule has 0 fully saturated rings. The molecule has 0 aliphatic heterocycles. The zero-order valence-corrected chi connectivity index (χ0v) is 10.6. The fraction of sp³-hybridized carbons (Fsp3) is 0.538. The summed E-state index contributed by atoms with van der Waals surface area (Å²) in [6.07, 6.45) is 4.57. The summed E-state index contributed by atoms with van der Waals surface area (Å²) in [5, 5.41) is 0.757. The van der Waals surface area contributed by atoms with Crippen LogP contribution in [0.4, 0.5) is 0 Å². The van der Waals surface area contributed by atoms with Crippen LogP contribution in [0, 0.1) is 6.92 Å². The Labute approximate surface area is 103 Å². The SMILES string of the molecule is Cc1cc(Cl)ccc1OCCCCCCN. The second-order valence-corrected chi connectivity index (χ2v) is 4.40. The summed E-state index contributed by atoms with van der Waals surface area (Å²) in [6, 6.07) is 5.71. The summed E-state index contributed by atoms with van der Waals surface area (Å²) in [4.78, 5) is 0. The first kappa shape index (κ1) is 13.3. The van der Waals surface area contributed by atoms with Crippen LogP contribution in [0.5, 0.6) is 5.75 Å². The van der Waals surface area contributed by atoms with Crippen LogP contribution < -0.4 is 10.5 Å². The van der Waals surface area contributed by atoms with Crippen LogP contribution >= 0.6 is 11.6 Å². The minimum atomic E-state index is 0.757. The third kappa shape index (κ3) is 4.86. The molecule has 0 saturated carbocycles. The van der Waals surface area contributed by atoms with Gasteiger partial charge in [0, 0.05) is 5.02 Å². The molecule has 2 nitrogen and oxygen atoms in total. The van der Waals surface area contributed by atoms with E-state index in [0.29, 0.717) is 0 Å². The highest BCUT2D eigenvalue weighted by Crippen LogP contribution is 2.21. The smallest absolute Gasteiger partial charge is 0.122 e. The van der Waals surface area contributed by atoms with Crippen molar-refractivity contribution in [3.63, 3.8) is 0 Å². The van der Waals surface area contributed by atoms with Crippen LogP contribution in [0.2, 0.25) is 5.02 Å². The second-order valence-electron chi connectivity index (χ2n) is 3.96. The molecule has 1 rings (SSSR count). The largest absolute Gasteiger partial charge is 0.493 e. The lowest BCUT2D eigenvalue weighted by Gasteiger charge is -2.09. The Morgan fingerprint density at radius 3 is 2.62 bits per heavy atom. The highest BCUT2D eigenvalue weighted by molar-refractivity contribution is 6.30. The van der Waals surface area contributed by atoms with Crippen LogP contribution in [0.25, 0.3) is 0 Å². The minimum Gasteiger partial charge on any atom is -0.493 e. The van der Waals surface area contributed by atoms with Crippen molar-refractivity contribution in [3.05, 3.63) is 28.8 Å². The van der Waals surface area contributed by atoms with E-state index in [2.05, 4.69) is 0 Å². The molecule has 0 unspecified atom stereocenters. The van der Waals surface area contributed by atoms with E-state index < -0.39 is 0 Å². The van der Waals surface area contributed by atoms with Crippen molar-refractivity contribution in [1.82, 2.24) is 0 Å². The average Bonchev–Trinajstić information content (AvgIpc) is 2.26. The number of ether oxygens (including phenoxy) is 1. The Balaban J connectivity index is 2.21. The normalized spacial score (nSPS) is 10.4. The summed E-state index contributed by atoms with van der Waals surface area (Å²) >= 11 is 5.87. The van der Waals surface area contributed by atoms with E-state index in [1.165, 1.54) is 12.8 Å². The summed E-state index contributed by atoms with van der Waals surface area (Å²) in [5.74, 6) is 0.934. The van der Waals surface area contributed by atoms with E-state index in [4.69, 9.17) is 22.1 Å². The van der Waals surface area contributed by atoms with Gasteiger partial charge < -0.3 is 10.5 Å². The molecule has 3 heteroatoms. The minimum absolute atomic E-state index is 0.757. The fourth-order valence-corrected chi connectivity index (χ4v) is 1.78. The molecule has 0 saturated heterocycles. The Bertz CT molecular complexity index is 315. The Kier molecular flexibility index (Phi) is 6.27. The standard InChI is InChI=1S/C13H20ClNO/c1-11-10-12(14)6-7-13(11)16-9-5-3-2-4-8-15/h6-7,10H,2-5,8-9,15H2,1H3. The van der Waals surface area contributed by atoms with E-state index in [0.717, 1.165) is 42.3 Å². The van der Waals surface area contributed by atoms with Crippen molar-refractivity contribution in [2.24, 2.45) is 5.73 Å². The number of nitrogens with two attached hydrogens (primary N) is 1. The number of hydrogen-bond donors (Lipinski definition) is 1. The van der Waals surface area contributed by atoms with Crippen LogP contribution in [-0.2, 0) is 0 Å². The van der Waals surface area contributed by atoms with E-state index >= 15 is 0 Å². The van der Waals surface area contributed by atoms with Crippen molar-refractivity contribution in [3.8, 4) is 5.75 Å². The van der Waals surface area contributed by atoms with E-state index in [1.807, 2.05) is 25.1 Å². The molecule has 1 aromatic carbocycles. The number of unbranched alkanes of at least 4 members (excludes halogenated alkanes) is 3. The van der Waals surface area contributed by atoms with Crippen LogP contribution in [0.15, 0.2) is 18.2 Å². The lowest BCUT2D eigenvalue weighted by atomic mass is 10.2. The molecule has 0 amide bonds. The highest BCUT2D eigenvalue weighted by atomic mass is 35.5. The number of aryl methyl sites for hydroxylation is 1. The van der Waals surface area contributed by atoms with Gasteiger partial charge in [-0.25, -0.2) is 0 Å². The molecule has 0 atom stereocenters. The number of rotatable bonds is 7. The molecule has 0 heterocycles. The van der Waals surface area contributed by atoms with Gasteiger partial charge in [-0.2, -0.15) is 0 Å². The quantitative estimate of drug-likeness (QED) is 0.741. The number of halogens is 1. The third-order valence-corrected chi connectivity index (χ3v) is 2.73. The molecule has 90 valence electrons. The predicted octanol–water partition coefficient (Wildman–Crippen LogP) is 3.55. The maximum absolute atomic E-state index is 5.87. The van der Waals surface area contributed by atoms with Gasteiger partial charge >= 0.3 is 0 Å². The third-order valence-electron chi connectivity index (χ3n) is 2.49. The molecule has 0 aliphatic carbocycles. The monoisotopic (exact) mass is 241 g/mol. The van der Waals surface area contributed by atoms with Gasteiger partial charge in [0.25, 0.3) is 0 Å².